The highest BCUT2D eigenvalue weighted by Crippen LogP contribution is 2.36. The first-order valence-electron chi connectivity index (χ1n) is 5.93. The van der Waals surface area contributed by atoms with Crippen LogP contribution in [0.25, 0.3) is 0 Å². The molecular weight excluding hydrogens is 218 g/mol. The molecule has 1 heterocycles. The first-order valence-corrected chi connectivity index (χ1v) is 5.93. The van der Waals surface area contributed by atoms with Crippen molar-refractivity contribution in [2.45, 2.75) is 26.7 Å². The first kappa shape index (κ1) is 11.8. The zero-order valence-corrected chi connectivity index (χ0v) is 10.1. The number of nitrogens with zero attached hydrogens (tertiary/aromatic N) is 2. The van der Waals surface area contributed by atoms with Gasteiger partial charge in [0.05, 0.1) is 4.92 Å². The Morgan fingerprint density at radius 3 is 2.94 bits per heavy atom. The fourth-order valence-corrected chi connectivity index (χ4v) is 2.00. The normalized spacial score (nSPS) is 16.6. The molecule has 1 aromatic rings. The van der Waals surface area contributed by atoms with E-state index in [0.29, 0.717) is 17.3 Å². The van der Waals surface area contributed by atoms with Crippen molar-refractivity contribution in [3.8, 4) is 0 Å². The molecule has 1 N–H and O–H groups in total. The van der Waals surface area contributed by atoms with Crippen LogP contribution in [0, 0.1) is 28.9 Å². The molecule has 1 atom stereocenters. The summed E-state index contributed by atoms with van der Waals surface area (Å²) >= 11 is 0. The average Bonchev–Trinajstić information content (AvgIpc) is 3.08. The lowest BCUT2D eigenvalue weighted by molar-refractivity contribution is -0.384. The maximum atomic E-state index is 11.0. The molecule has 0 saturated heterocycles. The molecule has 1 fully saturated rings. The third-order valence-electron chi connectivity index (χ3n) is 3.33. The Balaban J connectivity index is 2.08. The number of hydrogen-bond acceptors (Lipinski definition) is 4. The van der Waals surface area contributed by atoms with Crippen LogP contribution < -0.4 is 5.32 Å². The highest BCUT2D eigenvalue weighted by molar-refractivity contribution is 5.59. The Morgan fingerprint density at radius 2 is 2.35 bits per heavy atom. The predicted octanol–water partition coefficient (Wildman–Crippen LogP) is 2.76. The minimum atomic E-state index is -0.369. The lowest BCUT2D eigenvalue weighted by Gasteiger charge is -2.12. The van der Waals surface area contributed by atoms with Crippen LogP contribution in [-0.2, 0) is 0 Å². The standard InChI is InChI=1S/C12H17N3O2/c1-8-5-6-13-12(11(8)15(16)17)14-7-9(2)10-3-4-10/h5-6,9-10H,3-4,7H2,1-2H3,(H,13,14). The van der Waals surface area contributed by atoms with Gasteiger partial charge in [0.25, 0.3) is 0 Å². The molecule has 17 heavy (non-hydrogen) atoms. The Kier molecular flexibility index (Phi) is 3.26. The Labute approximate surface area is 100 Å². The van der Waals surface area contributed by atoms with Crippen LogP contribution in [0.2, 0.25) is 0 Å². The molecule has 0 spiro atoms. The quantitative estimate of drug-likeness (QED) is 0.629. The van der Waals surface area contributed by atoms with E-state index in [4.69, 9.17) is 0 Å². The van der Waals surface area contributed by atoms with Gasteiger partial charge >= 0.3 is 5.69 Å². The van der Waals surface area contributed by atoms with Crippen LogP contribution >= 0.6 is 0 Å². The molecule has 0 amide bonds. The summed E-state index contributed by atoms with van der Waals surface area (Å²) in [5.74, 6) is 1.73. The van der Waals surface area contributed by atoms with Crippen molar-refractivity contribution in [1.29, 1.82) is 0 Å². The average molecular weight is 235 g/mol. The SMILES string of the molecule is Cc1ccnc(NCC(C)C2CC2)c1[N+](=O)[O-]. The number of pyridine rings is 1. The van der Waals surface area contributed by atoms with Crippen LogP contribution in [0.1, 0.15) is 25.3 Å². The van der Waals surface area contributed by atoms with Gasteiger partial charge in [-0.25, -0.2) is 4.98 Å². The molecule has 1 unspecified atom stereocenters. The van der Waals surface area contributed by atoms with E-state index in [1.807, 2.05) is 0 Å². The zero-order chi connectivity index (χ0) is 12.4. The molecule has 2 rings (SSSR count). The summed E-state index contributed by atoms with van der Waals surface area (Å²) in [6.07, 6.45) is 4.17. The van der Waals surface area contributed by atoms with Crippen LogP contribution in [0.3, 0.4) is 0 Å². The van der Waals surface area contributed by atoms with Gasteiger partial charge in [-0.2, -0.15) is 0 Å². The number of aryl methyl sites for hydroxylation is 1. The van der Waals surface area contributed by atoms with Crippen molar-refractivity contribution in [2.24, 2.45) is 11.8 Å². The van der Waals surface area contributed by atoms with Gasteiger partial charge < -0.3 is 5.32 Å². The molecule has 1 saturated carbocycles. The minimum absolute atomic E-state index is 0.0931. The van der Waals surface area contributed by atoms with E-state index in [9.17, 15) is 10.1 Å². The molecule has 5 nitrogen and oxygen atoms in total. The second kappa shape index (κ2) is 4.69. The lowest BCUT2D eigenvalue weighted by atomic mass is 10.1. The topological polar surface area (TPSA) is 68.1 Å². The number of anilines is 1. The van der Waals surface area contributed by atoms with Crippen LogP contribution in [0.4, 0.5) is 11.5 Å². The van der Waals surface area contributed by atoms with Crippen molar-refractivity contribution in [1.82, 2.24) is 4.98 Å². The van der Waals surface area contributed by atoms with Gasteiger partial charge in [0.1, 0.15) is 0 Å². The Morgan fingerprint density at radius 1 is 1.65 bits per heavy atom. The number of hydrogen-bond donors (Lipinski definition) is 1. The second-order valence-corrected chi connectivity index (χ2v) is 4.78. The summed E-state index contributed by atoms with van der Waals surface area (Å²) in [5, 5.41) is 14.1. The Bertz CT molecular complexity index is 430. The van der Waals surface area contributed by atoms with E-state index < -0.39 is 0 Å². The monoisotopic (exact) mass is 235 g/mol. The van der Waals surface area contributed by atoms with Gasteiger partial charge in [-0.15, -0.1) is 0 Å². The largest absolute Gasteiger partial charge is 0.364 e. The van der Waals surface area contributed by atoms with E-state index >= 15 is 0 Å². The third-order valence-corrected chi connectivity index (χ3v) is 3.33. The first-order chi connectivity index (χ1) is 8.09. The van der Waals surface area contributed by atoms with Gasteiger partial charge in [0.15, 0.2) is 0 Å². The lowest BCUT2D eigenvalue weighted by Crippen LogP contribution is -2.15. The summed E-state index contributed by atoms with van der Waals surface area (Å²) in [6.45, 7) is 4.66. The third kappa shape index (κ3) is 2.72. The Hall–Kier alpha value is -1.65. The summed E-state index contributed by atoms with van der Waals surface area (Å²) in [6, 6.07) is 1.66. The molecule has 0 aromatic carbocycles. The summed E-state index contributed by atoms with van der Waals surface area (Å²) in [4.78, 5) is 14.7. The van der Waals surface area contributed by atoms with Gasteiger partial charge in [-0.05, 0) is 37.7 Å². The maximum Gasteiger partial charge on any atom is 0.314 e. The van der Waals surface area contributed by atoms with Gasteiger partial charge in [-0.3, -0.25) is 10.1 Å². The predicted molar refractivity (Wildman–Crippen MR) is 66.0 cm³/mol. The highest BCUT2D eigenvalue weighted by Gasteiger charge is 2.28. The van der Waals surface area contributed by atoms with E-state index in [2.05, 4.69) is 17.2 Å². The van der Waals surface area contributed by atoms with Crippen molar-refractivity contribution in [3.05, 3.63) is 27.9 Å². The van der Waals surface area contributed by atoms with Crippen LogP contribution in [0.5, 0.6) is 0 Å². The molecule has 92 valence electrons. The number of aromatic nitrogens is 1. The van der Waals surface area contributed by atoms with Crippen LogP contribution in [-0.4, -0.2) is 16.5 Å². The van der Waals surface area contributed by atoms with E-state index in [0.717, 1.165) is 12.5 Å². The molecular formula is C12H17N3O2. The van der Waals surface area contributed by atoms with Gasteiger partial charge in [0, 0.05) is 18.3 Å². The van der Waals surface area contributed by atoms with E-state index in [1.54, 1.807) is 19.2 Å². The summed E-state index contributed by atoms with van der Waals surface area (Å²) < 4.78 is 0. The minimum Gasteiger partial charge on any atom is -0.364 e. The number of rotatable bonds is 5. The zero-order valence-electron chi connectivity index (χ0n) is 10.1. The molecule has 5 heteroatoms. The molecule has 1 aromatic heterocycles. The molecule has 0 radical (unpaired) electrons. The van der Waals surface area contributed by atoms with Crippen molar-refractivity contribution in [3.63, 3.8) is 0 Å². The molecule has 1 aliphatic carbocycles. The molecule has 0 bridgehead atoms. The molecule has 1 aliphatic rings. The second-order valence-electron chi connectivity index (χ2n) is 4.78. The van der Waals surface area contributed by atoms with E-state index in [-0.39, 0.29) is 10.6 Å². The number of nitrogens with one attached hydrogen (secondary N) is 1. The fourth-order valence-electron chi connectivity index (χ4n) is 2.00. The maximum absolute atomic E-state index is 11.0. The van der Waals surface area contributed by atoms with E-state index in [1.165, 1.54) is 12.8 Å². The molecule has 0 aliphatic heterocycles. The smallest absolute Gasteiger partial charge is 0.314 e. The highest BCUT2D eigenvalue weighted by atomic mass is 16.6. The van der Waals surface area contributed by atoms with Crippen molar-refractivity contribution < 1.29 is 4.92 Å². The van der Waals surface area contributed by atoms with Gasteiger partial charge in [-0.1, -0.05) is 6.92 Å². The van der Waals surface area contributed by atoms with Gasteiger partial charge in [0.2, 0.25) is 5.82 Å². The van der Waals surface area contributed by atoms with Crippen molar-refractivity contribution >= 4 is 11.5 Å². The fraction of sp³-hybridized carbons (Fsp3) is 0.583. The number of nitro groups is 1. The summed E-state index contributed by atoms with van der Waals surface area (Å²) in [7, 11) is 0. The van der Waals surface area contributed by atoms with Crippen LogP contribution in [0.15, 0.2) is 12.3 Å². The summed E-state index contributed by atoms with van der Waals surface area (Å²) in [5.41, 5.74) is 0.738. The van der Waals surface area contributed by atoms with Crippen molar-refractivity contribution in [2.75, 3.05) is 11.9 Å².